The van der Waals surface area contributed by atoms with Crippen molar-refractivity contribution in [3.05, 3.63) is 69.2 Å². The molecule has 0 bridgehead atoms. The SMILES string of the molecule is CC(=O)N(Cc1ccc(Cl)c(Cl)c1)C1C(=O)c2ccccc2C(=O)C1=NC(C)C. The number of Topliss-reactive ketones (excluding diaryl/α,β-unsaturated/α-hetero) is 2. The fourth-order valence-electron chi connectivity index (χ4n) is 3.35. The lowest BCUT2D eigenvalue weighted by atomic mass is 9.83. The number of carbonyl (C=O) groups is 3. The molecule has 2 aromatic rings. The van der Waals surface area contributed by atoms with Crippen LogP contribution in [-0.4, -0.2) is 40.2 Å². The lowest BCUT2D eigenvalue weighted by molar-refractivity contribution is -0.129. The van der Waals surface area contributed by atoms with E-state index in [9.17, 15) is 14.4 Å². The molecular weight excluding hydrogens is 411 g/mol. The van der Waals surface area contributed by atoms with Crippen molar-refractivity contribution in [3.8, 4) is 0 Å². The predicted octanol–water partition coefficient (Wildman–Crippen LogP) is 4.64. The second-order valence-corrected chi connectivity index (χ2v) is 7.96. The summed E-state index contributed by atoms with van der Waals surface area (Å²) in [4.78, 5) is 44.8. The van der Waals surface area contributed by atoms with E-state index in [4.69, 9.17) is 23.2 Å². The van der Waals surface area contributed by atoms with Gasteiger partial charge in [-0.05, 0) is 31.5 Å². The van der Waals surface area contributed by atoms with Crippen molar-refractivity contribution in [2.24, 2.45) is 4.99 Å². The van der Waals surface area contributed by atoms with Gasteiger partial charge < -0.3 is 4.90 Å². The predicted molar refractivity (Wildman–Crippen MR) is 114 cm³/mol. The Morgan fingerprint density at radius 3 is 2.31 bits per heavy atom. The number of aliphatic imine (C=N–C) groups is 1. The number of rotatable bonds is 4. The first-order chi connectivity index (χ1) is 13.7. The molecule has 1 atom stereocenters. The number of hydrogen-bond donors (Lipinski definition) is 0. The average Bonchev–Trinajstić information content (AvgIpc) is 2.67. The summed E-state index contributed by atoms with van der Waals surface area (Å²) in [5, 5.41) is 0.741. The van der Waals surface area contributed by atoms with Crippen molar-refractivity contribution < 1.29 is 14.4 Å². The number of benzene rings is 2. The summed E-state index contributed by atoms with van der Waals surface area (Å²) in [6.07, 6.45) is 0. The van der Waals surface area contributed by atoms with Crippen molar-refractivity contribution in [2.45, 2.75) is 39.4 Å². The van der Waals surface area contributed by atoms with E-state index in [1.165, 1.54) is 11.8 Å². The second kappa shape index (κ2) is 8.47. The number of halogens is 2. The minimum atomic E-state index is -1.09. The minimum absolute atomic E-state index is 0.0824. The topological polar surface area (TPSA) is 66.8 Å². The molecule has 1 amide bonds. The largest absolute Gasteiger partial charge is 0.322 e. The van der Waals surface area contributed by atoms with E-state index in [-0.39, 0.29) is 35.8 Å². The molecule has 0 N–H and O–H groups in total. The van der Waals surface area contributed by atoms with Crippen LogP contribution in [0.2, 0.25) is 10.0 Å². The third kappa shape index (κ3) is 4.26. The molecule has 0 fully saturated rings. The van der Waals surface area contributed by atoms with Gasteiger partial charge in [0.05, 0.1) is 10.0 Å². The molecule has 3 rings (SSSR count). The van der Waals surface area contributed by atoms with Gasteiger partial charge in [-0.3, -0.25) is 19.4 Å². The maximum Gasteiger partial charge on any atom is 0.220 e. The highest BCUT2D eigenvalue weighted by atomic mass is 35.5. The molecule has 2 aromatic carbocycles. The molecular formula is C22H20Cl2N2O3. The van der Waals surface area contributed by atoms with Gasteiger partial charge in [0, 0.05) is 30.6 Å². The molecule has 29 heavy (non-hydrogen) atoms. The summed E-state index contributed by atoms with van der Waals surface area (Å²) in [6, 6.07) is 10.3. The molecule has 0 aromatic heterocycles. The van der Waals surface area contributed by atoms with Gasteiger partial charge in [-0.1, -0.05) is 53.5 Å². The molecule has 0 saturated heterocycles. The number of carbonyl (C=O) groups excluding carboxylic acids is 3. The van der Waals surface area contributed by atoms with Crippen LogP contribution in [0.25, 0.3) is 0 Å². The first-order valence-corrected chi connectivity index (χ1v) is 9.93. The van der Waals surface area contributed by atoms with Crippen LogP contribution in [0, 0.1) is 0 Å². The highest BCUT2D eigenvalue weighted by Crippen LogP contribution is 2.27. The lowest BCUT2D eigenvalue weighted by Crippen LogP contribution is -2.54. The van der Waals surface area contributed by atoms with Gasteiger partial charge in [0.1, 0.15) is 11.8 Å². The van der Waals surface area contributed by atoms with Gasteiger partial charge in [-0.15, -0.1) is 0 Å². The van der Waals surface area contributed by atoms with Gasteiger partial charge in [-0.25, -0.2) is 0 Å². The Morgan fingerprint density at radius 1 is 1.07 bits per heavy atom. The van der Waals surface area contributed by atoms with Gasteiger partial charge in [-0.2, -0.15) is 0 Å². The molecule has 1 aliphatic carbocycles. The third-order valence-electron chi connectivity index (χ3n) is 4.63. The van der Waals surface area contributed by atoms with E-state index in [1.54, 1.807) is 42.5 Å². The van der Waals surface area contributed by atoms with Crippen LogP contribution in [0.4, 0.5) is 0 Å². The summed E-state index contributed by atoms with van der Waals surface area (Å²) >= 11 is 12.1. The van der Waals surface area contributed by atoms with Crippen LogP contribution in [0.1, 0.15) is 47.1 Å². The van der Waals surface area contributed by atoms with E-state index in [2.05, 4.69) is 4.99 Å². The van der Waals surface area contributed by atoms with E-state index < -0.39 is 6.04 Å². The molecule has 0 radical (unpaired) electrons. The van der Waals surface area contributed by atoms with E-state index in [0.29, 0.717) is 26.7 Å². The smallest absolute Gasteiger partial charge is 0.220 e. The van der Waals surface area contributed by atoms with E-state index >= 15 is 0 Å². The molecule has 0 saturated carbocycles. The highest BCUT2D eigenvalue weighted by Gasteiger charge is 2.42. The number of ketones is 2. The number of fused-ring (bicyclic) bond motifs is 1. The van der Waals surface area contributed by atoms with Crippen LogP contribution in [0.15, 0.2) is 47.5 Å². The average molecular weight is 431 g/mol. The molecule has 1 unspecified atom stereocenters. The van der Waals surface area contributed by atoms with Gasteiger partial charge in [0.15, 0.2) is 5.78 Å². The zero-order valence-corrected chi connectivity index (χ0v) is 17.8. The summed E-state index contributed by atoms with van der Waals surface area (Å²) in [6.45, 7) is 5.09. The fourth-order valence-corrected chi connectivity index (χ4v) is 3.67. The maximum atomic E-state index is 13.3. The highest BCUT2D eigenvalue weighted by molar-refractivity contribution is 6.55. The molecule has 0 aliphatic heterocycles. The summed E-state index contributed by atoms with van der Waals surface area (Å²) in [5.41, 5.74) is 1.38. The Kier molecular flexibility index (Phi) is 6.20. The Bertz CT molecular complexity index is 1030. The molecule has 0 heterocycles. The van der Waals surface area contributed by atoms with Crippen LogP contribution < -0.4 is 0 Å². The molecule has 5 nitrogen and oxygen atoms in total. The standard InChI is InChI=1S/C22H20Cl2N2O3/c1-12(2)25-19-20(22(29)16-7-5-4-6-15(16)21(19)28)26(13(3)27)11-14-8-9-17(23)18(24)10-14/h4-10,12,20H,11H2,1-3H3. The van der Waals surface area contributed by atoms with E-state index in [0.717, 1.165) is 0 Å². The van der Waals surface area contributed by atoms with Crippen LogP contribution in [0.3, 0.4) is 0 Å². The lowest BCUT2D eigenvalue weighted by Gasteiger charge is -2.34. The minimum Gasteiger partial charge on any atom is -0.322 e. The monoisotopic (exact) mass is 430 g/mol. The Hall–Kier alpha value is -2.50. The van der Waals surface area contributed by atoms with Crippen LogP contribution in [0.5, 0.6) is 0 Å². The Balaban J connectivity index is 2.11. The Labute approximate surface area is 179 Å². The first kappa shape index (κ1) is 21.2. The molecule has 1 aliphatic rings. The quantitative estimate of drug-likeness (QED) is 0.709. The fraction of sp³-hybridized carbons (Fsp3) is 0.273. The number of hydrogen-bond acceptors (Lipinski definition) is 4. The number of nitrogens with zero attached hydrogens (tertiary/aromatic N) is 2. The first-order valence-electron chi connectivity index (χ1n) is 9.17. The molecule has 7 heteroatoms. The second-order valence-electron chi connectivity index (χ2n) is 7.14. The maximum absolute atomic E-state index is 13.3. The van der Waals surface area contributed by atoms with Crippen molar-refractivity contribution >= 4 is 46.4 Å². The van der Waals surface area contributed by atoms with Crippen molar-refractivity contribution in [3.63, 3.8) is 0 Å². The third-order valence-corrected chi connectivity index (χ3v) is 5.37. The zero-order valence-electron chi connectivity index (χ0n) is 16.3. The van der Waals surface area contributed by atoms with Crippen molar-refractivity contribution in [1.29, 1.82) is 0 Å². The Morgan fingerprint density at radius 2 is 1.72 bits per heavy atom. The van der Waals surface area contributed by atoms with Gasteiger partial charge in [0.25, 0.3) is 0 Å². The van der Waals surface area contributed by atoms with Gasteiger partial charge >= 0.3 is 0 Å². The molecule has 150 valence electrons. The summed E-state index contributed by atoms with van der Waals surface area (Å²) < 4.78 is 0. The van der Waals surface area contributed by atoms with Crippen molar-refractivity contribution in [1.82, 2.24) is 4.90 Å². The van der Waals surface area contributed by atoms with Gasteiger partial charge in [0.2, 0.25) is 11.7 Å². The van der Waals surface area contributed by atoms with Crippen LogP contribution in [-0.2, 0) is 11.3 Å². The summed E-state index contributed by atoms with van der Waals surface area (Å²) in [5.74, 6) is -1.01. The normalized spacial score (nSPS) is 17.6. The molecule has 0 spiro atoms. The summed E-state index contributed by atoms with van der Waals surface area (Å²) in [7, 11) is 0. The number of amides is 1. The van der Waals surface area contributed by atoms with Crippen molar-refractivity contribution in [2.75, 3.05) is 0 Å². The van der Waals surface area contributed by atoms with E-state index in [1.807, 2.05) is 13.8 Å². The van der Waals surface area contributed by atoms with Crippen LogP contribution >= 0.6 is 23.2 Å². The zero-order chi connectivity index (χ0) is 21.3.